The van der Waals surface area contributed by atoms with Crippen molar-refractivity contribution in [3.63, 3.8) is 0 Å². The lowest BCUT2D eigenvalue weighted by molar-refractivity contribution is -0.120. The number of nitrogens with zero attached hydrogens (tertiary/aromatic N) is 4. The van der Waals surface area contributed by atoms with E-state index in [0.29, 0.717) is 30.8 Å². The molecule has 0 unspecified atom stereocenters. The Morgan fingerprint density at radius 3 is 2.20 bits per heavy atom. The largest absolute Gasteiger partial charge is 0.359 e. The van der Waals surface area contributed by atoms with Crippen LogP contribution in [0.4, 0.5) is 17.8 Å². The Morgan fingerprint density at radius 2 is 1.70 bits per heavy atom. The Morgan fingerprint density at radius 1 is 1.10 bits per heavy atom. The van der Waals surface area contributed by atoms with Crippen molar-refractivity contribution in [2.24, 2.45) is 0 Å². The number of carbonyl (C=O) groups excluding carboxylic acids is 1. The molecule has 20 heavy (non-hydrogen) atoms. The van der Waals surface area contributed by atoms with Crippen molar-refractivity contribution in [3.05, 3.63) is 0 Å². The fraction of sp³-hybridized carbons (Fsp3) is 0.667. The third kappa shape index (κ3) is 5.25. The molecule has 1 aromatic rings. The van der Waals surface area contributed by atoms with E-state index in [0.717, 1.165) is 13.0 Å². The van der Waals surface area contributed by atoms with Crippen LogP contribution in [0, 0.1) is 0 Å². The van der Waals surface area contributed by atoms with Gasteiger partial charge in [-0.15, -0.1) is 0 Å². The number of anilines is 3. The molecule has 1 rings (SSSR count). The maximum absolute atomic E-state index is 11.2. The van der Waals surface area contributed by atoms with E-state index >= 15 is 0 Å². The van der Waals surface area contributed by atoms with Crippen molar-refractivity contribution in [2.75, 3.05) is 49.8 Å². The second kappa shape index (κ2) is 8.13. The molecule has 0 bridgehead atoms. The van der Waals surface area contributed by atoms with Gasteiger partial charge >= 0.3 is 0 Å². The highest BCUT2D eigenvalue weighted by atomic mass is 16.1. The van der Waals surface area contributed by atoms with E-state index in [-0.39, 0.29) is 5.91 Å². The summed E-state index contributed by atoms with van der Waals surface area (Å²) in [6, 6.07) is 0. The quantitative estimate of drug-likeness (QED) is 0.631. The summed E-state index contributed by atoms with van der Waals surface area (Å²) in [5.74, 6) is 1.55. The van der Waals surface area contributed by atoms with E-state index in [1.807, 2.05) is 19.0 Å². The first-order valence-corrected chi connectivity index (χ1v) is 6.68. The van der Waals surface area contributed by atoms with Crippen LogP contribution >= 0.6 is 0 Å². The van der Waals surface area contributed by atoms with Crippen molar-refractivity contribution < 1.29 is 4.79 Å². The molecule has 1 amide bonds. The van der Waals surface area contributed by atoms with E-state index in [4.69, 9.17) is 0 Å². The molecule has 3 N–H and O–H groups in total. The second-order valence-electron chi connectivity index (χ2n) is 4.45. The smallest absolute Gasteiger partial charge is 0.231 e. The number of rotatable bonds is 8. The molecule has 8 heteroatoms. The molecule has 0 fully saturated rings. The first-order valence-electron chi connectivity index (χ1n) is 6.68. The molecule has 112 valence electrons. The van der Waals surface area contributed by atoms with Gasteiger partial charge in [-0.1, -0.05) is 6.92 Å². The summed E-state index contributed by atoms with van der Waals surface area (Å²) in [7, 11) is 5.35. The first kappa shape index (κ1) is 15.9. The molecule has 1 heterocycles. The van der Waals surface area contributed by atoms with Crippen LogP contribution in [0.1, 0.15) is 19.8 Å². The standard InChI is InChI=1S/C12H23N7O/c1-5-7-14-10-16-11(15-8-6-9(20)13-2)18-12(17-10)19(3)4/h5-8H2,1-4H3,(H,13,20)(H2,14,15,16,17,18). The van der Waals surface area contributed by atoms with Crippen molar-refractivity contribution in [2.45, 2.75) is 19.8 Å². The summed E-state index contributed by atoms with van der Waals surface area (Å²) in [5, 5.41) is 8.73. The van der Waals surface area contributed by atoms with Gasteiger partial charge in [0.15, 0.2) is 0 Å². The fourth-order valence-electron chi connectivity index (χ4n) is 1.37. The minimum Gasteiger partial charge on any atom is -0.359 e. The summed E-state index contributed by atoms with van der Waals surface area (Å²) >= 11 is 0. The fourth-order valence-corrected chi connectivity index (χ4v) is 1.37. The Labute approximate surface area is 119 Å². The number of nitrogens with one attached hydrogen (secondary N) is 3. The Balaban J connectivity index is 2.72. The molecule has 0 aromatic carbocycles. The minimum absolute atomic E-state index is 0.0243. The molecule has 0 spiro atoms. The molecule has 8 nitrogen and oxygen atoms in total. The van der Waals surface area contributed by atoms with Gasteiger partial charge in [-0.05, 0) is 6.42 Å². The van der Waals surface area contributed by atoms with Gasteiger partial charge in [0, 0.05) is 40.7 Å². The predicted octanol–water partition coefficient (Wildman–Crippen LogP) is 0.308. The lowest BCUT2D eigenvalue weighted by atomic mass is 10.4. The van der Waals surface area contributed by atoms with Crippen LogP contribution in [-0.4, -0.2) is 55.1 Å². The molecular formula is C12H23N7O. The van der Waals surface area contributed by atoms with E-state index in [1.165, 1.54) is 0 Å². The molecular weight excluding hydrogens is 258 g/mol. The number of amides is 1. The highest BCUT2D eigenvalue weighted by molar-refractivity contribution is 5.75. The van der Waals surface area contributed by atoms with Gasteiger partial charge in [0.05, 0.1) is 0 Å². The van der Waals surface area contributed by atoms with Crippen LogP contribution in [0.15, 0.2) is 0 Å². The Kier molecular flexibility index (Phi) is 6.48. The van der Waals surface area contributed by atoms with Gasteiger partial charge in [-0.2, -0.15) is 15.0 Å². The zero-order chi connectivity index (χ0) is 15.0. The SMILES string of the molecule is CCCNc1nc(NCCC(=O)NC)nc(N(C)C)n1. The lowest BCUT2D eigenvalue weighted by Crippen LogP contribution is -2.22. The molecule has 0 aliphatic heterocycles. The average molecular weight is 281 g/mol. The zero-order valence-corrected chi connectivity index (χ0v) is 12.5. The summed E-state index contributed by atoms with van der Waals surface area (Å²) in [5.41, 5.74) is 0. The van der Waals surface area contributed by atoms with Gasteiger partial charge in [0.2, 0.25) is 23.8 Å². The third-order valence-corrected chi connectivity index (χ3v) is 2.47. The monoisotopic (exact) mass is 281 g/mol. The van der Waals surface area contributed by atoms with Crippen molar-refractivity contribution in [1.29, 1.82) is 0 Å². The van der Waals surface area contributed by atoms with Crippen molar-refractivity contribution in [1.82, 2.24) is 20.3 Å². The Bertz CT molecular complexity index is 436. The summed E-state index contributed by atoms with van der Waals surface area (Å²) in [4.78, 5) is 25.8. The topological polar surface area (TPSA) is 95.1 Å². The summed E-state index contributed by atoms with van der Waals surface area (Å²) in [6.07, 6.45) is 1.36. The highest BCUT2D eigenvalue weighted by Gasteiger charge is 2.08. The van der Waals surface area contributed by atoms with Gasteiger partial charge in [-0.25, -0.2) is 0 Å². The van der Waals surface area contributed by atoms with Crippen molar-refractivity contribution >= 4 is 23.8 Å². The molecule has 0 saturated heterocycles. The first-order chi connectivity index (χ1) is 9.56. The predicted molar refractivity (Wildman–Crippen MR) is 80.1 cm³/mol. The molecule has 1 aromatic heterocycles. The molecule has 0 aliphatic carbocycles. The van der Waals surface area contributed by atoms with E-state index in [9.17, 15) is 4.79 Å². The van der Waals surface area contributed by atoms with Crippen molar-refractivity contribution in [3.8, 4) is 0 Å². The van der Waals surface area contributed by atoms with E-state index in [1.54, 1.807) is 7.05 Å². The Hall–Kier alpha value is -2.12. The summed E-state index contributed by atoms with van der Waals surface area (Å²) in [6.45, 7) is 3.35. The van der Waals surface area contributed by atoms with Gasteiger partial charge in [-0.3, -0.25) is 4.79 Å². The van der Waals surface area contributed by atoms with Crippen LogP contribution in [0.5, 0.6) is 0 Å². The normalized spacial score (nSPS) is 10.0. The van der Waals surface area contributed by atoms with Crippen LogP contribution in [0.3, 0.4) is 0 Å². The maximum Gasteiger partial charge on any atom is 0.231 e. The lowest BCUT2D eigenvalue weighted by Gasteiger charge is -2.13. The average Bonchev–Trinajstić information content (AvgIpc) is 2.44. The number of aromatic nitrogens is 3. The molecule has 0 saturated carbocycles. The number of hydrogen-bond acceptors (Lipinski definition) is 7. The van der Waals surface area contributed by atoms with Crippen LogP contribution in [0.25, 0.3) is 0 Å². The minimum atomic E-state index is -0.0243. The van der Waals surface area contributed by atoms with Gasteiger partial charge in [0.25, 0.3) is 0 Å². The third-order valence-electron chi connectivity index (χ3n) is 2.47. The molecule has 0 aliphatic rings. The second-order valence-corrected chi connectivity index (χ2v) is 4.45. The maximum atomic E-state index is 11.2. The van der Waals surface area contributed by atoms with Crippen LogP contribution in [-0.2, 0) is 4.79 Å². The van der Waals surface area contributed by atoms with Gasteiger partial charge < -0.3 is 20.9 Å². The highest BCUT2D eigenvalue weighted by Crippen LogP contribution is 2.11. The molecule has 0 radical (unpaired) electrons. The van der Waals surface area contributed by atoms with Crippen LogP contribution in [0.2, 0.25) is 0 Å². The van der Waals surface area contributed by atoms with Gasteiger partial charge in [0.1, 0.15) is 0 Å². The number of carbonyl (C=O) groups is 1. The van der Waals surface area contributed by atoms with E-state index < -0.39 is 0 Å². The number of hydrogen-bond donors (Lipinski definition) is 3. The summed E-state index contributed by atoms with van der Waals surface area (Å²) < 4.78 is 0. The van der Waals surface area contributed by atoms with Crippen LogP contribution < -0.4 is 20.9 Å². The zero-order valence-electron chi connectivity index (χ0n) is 12.5. The molecule has 0 atom stereocenters. The van der Waals surface area contributed by atoms with E-state index in [2.05, 4.69) is 37.8 Å².